The predicted octanol–water partition coefficient (Wildman–Crippen LogP) is 16.8. The minimum atomic E-state index is 1.09. The van der Waals surface area contributed by atoms with Crippen LogP contribution in [0, 0.1) is 6.92 Å². The topological polar surface area (TPSA) is 12.6 Å². The van der Waals surface area contributed by atoms with Gasteiger partial charge in [-0.15, -0.1) is 0 Å². The fourth-order valence-corrected chi connectivity index (χ4v) is 10.2. The fourth-order valence-electron chi connectivity index (χ4n) is 10.2. The van der Waals surface area contributed by atoms with Gasteiger partial charge in [0.1, 0.15) is 0 Å². The molecule has 0 aliphatic rings. The molecular weight excluding hydrogens is 775 g/mol. The van der Waals surface area contributed by atoms with Gasteiger partial charge < -0.3 is 13.9 Å². The number of aromatic nitrogens is 2. The summed E-state index contributed by atoms with van der Waals surface area (Å²) in [6, 6.07) is 77.3. The summed E-state index contributed by atoms with van der Waals surface area (Å²) in [5.41, 5.74) is 19.0. The van der Waals surface area contributed by atoms with Gasteiger partial charge in [-0.2, -0.15) is 0 Å². The molecule has 0 aliphatic carbocycles. The van der Waals surface area contributed by atoms with Crippen LogP contribution in [0.25, 0.3) is 94.1 Å². The molecule has 0 aliphatic heterocycles. The molecule has 0 spiro atoms. The minimum absolute atomic E-state index is 1.09. The molecule has 64 heavy (non-hydrogen) atoms. The van der Waals surface area contributed by atoms with Crippen LogP contribution in [0.4, 0.5) is 17.1 Å². The minimum Gasteiger partial charge on any atom is -0.312 e. The lowest BCUT2D eigenvalue weighted by molar-refractivity contribution is 1.18. The van der Waals surface area contributed by atoms with Gasteiger partial charge in [0.05, 0.1) is 27.8 Å². The lowest BCUT2D eigenvalue weighted by Gasteiger charge is -2.27. The van der Waals surface area contributed by atoms with E-state index in [1.54, 1.807) is 0 Å². The van der Waals surface area contributed by atoms with E-state index < -0.39 is 0 Å². The molecule has 0 radical (unpaired) electrons. The molecule has 9 aromatic carbocycles. The predicted molar refractivity (Wildman–Crippen MR) is 273 cm³/mol. The van der Waals surface area contributed by atoms with E-state index in [4.69, 9.17) is 0 Å². The van der Waals surface area contributed by atoms with Gasteiger partial charge in [-0.25, -0.2) is 0 Å². The fraction of sp³-hybridized carbons (Fsp3) is 0.0164. The second-order valence-electron chi connectivity index (χ2n) is 16.6. The monoisotopic (exact) mass is 817 g/mol. The first-order chi connectivity index (χ1) is 31.7. The van der Waals surface area contributed by atoms with E-state index in [2.05, 4.69) is 246 Å². The van der Waals surface area contributed by atoms with Crippen LogP contribution < -0.4 is 4.90 Å². The van der Waals surface area contributed by atoms with Crippen LogP contribution in [0.2, 0.25) is 0 Å². The zero-order valence-electron chi connectivity index (χ0n) is 35.5. The molecule has 3 heterocycles. The van der Waals surface area contributed by atoms with Crippen LogP contribution in [0.3, 0.4) is 0 Å². The maximum Gasteiger partial charge on any atom is 0.0617 e. The van der Waals surface area contributed by atoms with Crippen LogP contribution in [0.1, 0.15) is 11.3 Å². The number of anilines is 3. The molecule has 302 valence electrons. The van der Waals surface area contributed by atoms with E-state index in [1.807, 2.05) is 12.2 Å². The number of allylic oxidation sites excluding steroid dienone is 2. The molecule has 3 nitrogen and oxygen atoms in total. The van der Waals surface area contributed by atoms with Crippen LogP contribution in [-0.4, -0.2) is 8.97 Å². The van der Waals surface area contributed by atoms with E-state index in [-0.39, 0.29) is 0 Å². The van der Waals surface area contributed by atoms with E-state index in [0.29, 0.717) is 0 Å². The Hall–Kier alpha value is -8.40. The average molecular weight is 818 g/mol. The van der Waals surface area contributed by atoms with Crippen molar-refractivity contribution in [3.8, 4) is 39.1 Å². The molecule has 3 aromatic heterocycles. The maximum atomic E-state index is 3.90. The third-order valence-corrected chi connectivity index (χ3v) is 13.0. The molecule has 12 rings (SSSR count). The second kappa shape index (κ2) is 15.2. The molecule has 0 N–H and O–H groups in total. The van der Waals surface area contributed by atoms with Crippen molar-refractivity contribution in [3.63, 3.8) is 0 Å². The highest BCUT2D eigenvalue weighted by Gasteiger charge is 2.23. The normalized spacial score (nSPS) is 11.8. The van der Waals surface area contributed by atoms with Crippen molar-refractivity contribution in [1.82, 2.24) is 8.97 Å². The average Bonchev–Trinajstić information content (AvgIpc) is 3.99. The highest BCUT2D eigenvalue weighted by atomic mass is 15.1. The number of nitrogens with zero attached hydrogens (tertiary/aromatic N) is 3. The van der Waals surface area contributed by atoms with Crippen LogP contribution >= 0.6 is 0 Å². The Labute approximate surface area is 372 Å². The standard InChI is InChI=1S/C61H43N3/c1-3-4-20-50-41(2)62-56-26-14-22-51(59(56)54-24-13-23-52(50)61(54)62)46-31-29-43(30-32-46)45-35-39-49(40-36-45)63(48-37-33-44(34-38-48)42-16-7-5-8-17-42)57-27-15-28-58-60(57)53-21-11-12-25-55(53)64(58)47-18-9-6-10-19-47/h3-40H,1H2,2H3/b20-4-. The lowest BCUT2D eigenvalue weighted by atomic mass is 9.96. The third kappa shape index (κ3) is 5.90. The van der Waals surface area contributed by atoms with Crippen molar-refractivity contribution >= 4 is 72.1 Å². The van der Waals surface area contributed by atoms with Gasteiger partial charge in [-0.1, -0.05) is 176 Å². The van der Waals surface area contributed by atoms with E-state index in [0.717, 1.165) is 22.7 Å². The summed E-state index contributed by atoms with van der Waals surface area (Å²) in [4.78, 5) is 2.42. The van der Waals surface area contributed by atoms with Gasteiger partial charge in [0.2, 0.25) is 0 Å². The highest BCUT2D eigenvalue weighted by Crippen LogP contribution is 2.45. The zero-order chi connectivity index (χ0) is 42.7. The van der Waals surface area contributed by atoms with E-state index >= 15 is 0 Å². The molecule has 3 heteroatoms. The Balaban J connectivity index is 0.950. The van der Waals surface area contributed by atoms with Gasteiger partial charge >= 0.3 is 0 Å². The van der Waals surface area contributed by atoms with E-state index in [1.165, 1.54) is 93.6 Å². The number of hydrogen-bond acceptors (Lipinski definition) is 1. The first-order valence-corrected chi connectivity index (χ1v) is 22.0. The molecule has 0 unspecified atom stereocenters. The molecular formula is C61H43N3. The SMILES string of the molecule is C=C/C=C\c1c(C)n2c3cccc(-c4ccc(-c5ccc(N(c6ccc(-c7ccccc7)cc6)c6cccc7c6c6ccccc6n7-c6ccccc6)cc5)cc4)c3c3cccc1c32. The summed E-state index contributed by atoms with van der Waals surface area (Å²) in [6.45, 7) is 6.13. The summed E-state index contributed by atoms with van der Waals surface area (Å²) in [7, 11) is 0. The molecule has 0 fully saturated rings. The first kappa shape index (κ1) is 37.4. The molecule has 0 bridgehead atoms. The summed E-state index contributed by atoms with van der Waals surface area (Å²) >= 11 is 0. The van der Waals surface area contributed by atoms with Crippen molar-refractivity contribution in [2.75, 3.05) is 4.90 Å². The number of para-hydroxylation sites is 3. The number of benzene rings is 9. The van der Waals surface area contributed by atoms with Crippen LogP contribution in [0.15, 0.2) is 231 Å². The summed E-state index contributed by atoms with van der Waals surface area (Å²) in [5.74, 6) is 0. The number of rotatable bonds is 9. The van der Waals surface area contributed by atoms with E-state index in [9.17, 15) is 0 Å². The molecule has 0 saturated heterocycles. The third-order valence-electron chi connectivity index (χ3n) is 13.0. The van der Waals surface area contributed by atoms with Crippen molar-refractivity contribution < 1.29 is 0 Å². The Kier molecular flexibility index (Phi) is 8.87. The lowest BCUT2D eigenvalue weighted by Crippen LogP contribution is -2.10. The smallest absolute Gasteiger partial charge is 0.0617 e. The van der Waals surface area contributed by atoms with Gasteiger partial charge in [-0.05, 0) is 101 Å². The summed E-state index contributed by atoms with van der Waals surface area (Å²) in [6.07, 6.45) is 6.05. The quantitative estimate of drug-likeness (QED) is 0.132. The van der Waals surface area contributed by atoms with Gasteiger partial charge in [0.25, 0.3) is 0 Å². The van der Waals surface area contributed by atoms with Crippen molar-refractivity contribution in [3.05, 3.63) is 242 Å². The Morgan fingerprint density at radius 1 is 0.438 bits per heavy atom. The Bertz CT molecular complexity index is 3700. The molecule has 0 saturated carbocycles. The first-order valence-electron chi connectivity index (χ1n) is 22.0. The van der Waals surface area contributed by atoms with Crippen molar-refractivity contribution in [2.24, 2.45) is 0 Å². The van der Waals surface area contributed by atoms with Gasteiger partial charge in [0, 0.05) is 55.3 Å². The number of hydrogen-bond donors (Lipinski definition) is 0. The summed E-state index contributed by atoms with van der Waals surface area (Å²) in [5, 5.41) is 6.28. The van der Waals surface area contributed by atoms with Gasteiger partial charge in [0.15, 0.2) is 0 Å². The number of fused-ring (bicyclic) bond motifs is 6. The Morgan fingerprint density at radius 2 is 0.969 bits per heavy atom. The van der Waals surface area contributed by atoms with Crippen LogP contribution in [-0.2, 0) is 0 Å². The summed E-state index contributed by atoms with van der Waals surface area (Å²) < 4.78 is 4.82. The molecule has 0 atom stereocenters. The maximum absolute atomic E-state index is 3.90. The highest BCUT2D eigenvalue weighted by molar-refractivity contribution is 6.21. The van der Waals surface area contributed by atoms with Crippen molar-refractivity contribution in [1.29, 1.82) is 0 Å². The number of aryl methyl sites for hydroxylation is 1. The molecule has 0 amide bonds. The second-order valence-corrected chi connectivity index (χ2v) is 16.6. The molecule has 12 aromatic rings. The zero-order valence-corrected chi connectivity index (χ0v) is 35.5. The van der Waals surface area contributed by atoms with Crippen LogP contribution in [0.5, 0.6) is 0 Å². The largest absolute Gasteiger partial charge is 0.312 e. The van der Waals surface area contributed by atoms with Gasteiger partial charge in [-0.3, -0.25) is 0 Å². The van der Waals surface area contributed by atoms with Crippen molar-refractivity contribution in [2.45, 2.75) is 6.92 Å². The Morgan fingerprint density at radius 3 is 1.67 bits per heavy atom.